The van der Waals surface area contributed by atoms with Gasteiger partial charge in [0.15, 0.2) is 0 Å². The number of piperidine rings is 1. The smallest absolute Gasteiger partial charge is 0.406 e. The van der Waals surface area contributed by atoms with Crippen LogP contribution in [-0.2, 0) is 20.0 Å². The Bertz CT molecular complexity index is 868. The predicted molar refractivity (Wildman–Crippen MR) is 91.7 cm³/mol. The fourth-order valence-electron chi connectivity index (χ4n) is 2.67. The molecule has 1 N–H and O–H groups in total. The van der Waals surface area contributed by atoms with Crippen LogP contribution in [0.4, 0.5) is 13.2 Å². The summed E-state index contributed by atoms with van der Waals surface area (Å²) in [6, 6.07) is 3.95. The Labute approximate surface area is 155 Å². The monoisotopic (exact) mass is 428 g/mol. The molecule has 1 unspecified atom stereocenters. The van der Waals surface area contributed by atoms with Gasteiger partial charge in [-0.25, -0.2) is 21.6 Å². The molecule has 1 aromatic carbocycles. The van der Waals surface area contributed by atoms with Crippen LogP contribution in [0.2, 0.25) is 0 Å². The second-order valence-electron chi connectivity index (χ2n) is 5.95. The first-order chi connectivity index (χ1) is 12.4. The number of hydrogen-bond donors (Lipinski definition) is 1. The molecule has 1 aliphatic rings. The Morgan fingerprint density at radius 1 is 1.22 bits per heavy atom. The van der Waals surface area contributed by atoms with Gasteiger partial charge in [0, 0.05) is 25.0 Å². The van der Waals surface area contributed by atoms with E-state index in [0.717, 1.165) is 29.7 Å². The van der Waals surface area contributed by atoms with Crippen molar-refractivity contribution in [2.75, 3.05) is 19.6 Å². The van der Waals surface area contributed by atoms with Crippen molar-refractivity contribution >= 4 is 20.0 Å². The second kappa shape index (κ2) is 8.17. The van der Waals surface area contributed by atoms with Gasteiger partial charge in [-0.1, -0.05) is 6.58 Å². The van der Waals surface area contributed by atoms with Gasteiger partial charge in [0.25, 0.3) is 0 Å². The van der Waals surface area contributed by atoms with Gasteiger partial charge < -0.3 is 4.74 Å². The Morgan fingerprint density at radius 2 is 1.85 bits per heavy atom. The Balaban J connectivity index is 2.08. The fraction of sp³-hybridized carbons (Fsp3) is 0.467. The molecule has 0 radical (unpaired) electrons. The molecule has 1 aromatic rings. The molecule has 0 saturated carbocycles. The van der Waals surface area contributed by atoms with Crippen LogP contribution in [0.25, 0.3) is 0 Å². The molecule has 152 valence electrons. The number of halogens is 3. The molecule has 12 heteroatoms. The van der Waals surface area contributed by atoms with Crippen molar-refractivity contribution in [1.29, 1.82) is 0 Å². The summed E-state index contributed by atoms with van der Waals surface area (Å²) in [5.74, 6) is -0.743. The van der Waals surface area contributed by atoms with Crippen molar-refractivity contribution in [2.24, 2.45) is 5.92 Å². The lowest BCUT2D eigenvalue weighted by molar-refractivity contribution is -0.274. The van der Waals surface area contributed by atoms with Gasteiger partial charge in [0.1, 0.15) is 5.75 Å². The first kappa shape index (κ1) is 21.7. The zero-order valence-electron chi connectivity index (χ0n) is 14.1. The fourth-order valence-corrected chi connectivity index (χ4v) is 4.81. The summed E-state index contributed by atoms with van der Waals surface area (Å²) in [5.41, 5.74) is 0. The van der Waals surface area contributed by atoms with E-state index in [4.69, 9.17) is 0 Å². The minimum atomic E-state index is -4.86. The van der Waals surface area contributed by atoms with E-state index in [2.05, 4.69) is 16.0 Å². The van der Waals surface area contributed by atoms with Gasteiger partial charge in [0.05, 0.1) is 4.90 Å². The summed E-state index contributed by atoms with van der Waals surface area (Å²) in [6.45, 7) is 3.59. The van der Waals surface area contributed by atoms with E-state index in [1.54, 1.807) is 0 Å². The maximum Gasteiger partial charge on any atom is 0.573 e. The van der Waals surface area contributed by atoms with E-state index in [1.807, 2.05) is 0 Å². The van der Waals surface area contributed by atoms with Crippen LogP contribution in [-0.4, -0.2) is 47.1 Å². The van der Waals surface area contributed by atoms with Gasteiger partial charge in [-0.05, 0) is 43.0 Å². The molecule has 1 heterocycles. The van der Waals surface area contributed by atoms with Gasteiger partial charge in [0.2, 0.25) is 20.0 Å². The summed E-state index contributed by atoms with van der Waals surface area (Å²) < 4.78 is 92.0. The second-order valence-corrected chi connectivity index (χ2v) is 9.60. The Kier molecular flexibility index (Phi) is 6.55. The third-order valence-corrected chi connectivity index (χ3v) is 6.86. The highest BCUT2D eigenvalue weighted by Gasteiger charge is 2.33. The SMILES string of the molecule is C=CS(=O)(=O)NCC1CCCN(S(=O)(=O)c2ccc(OC(F)(F)F)cc2)C1. The van der Waals surface area contributed by atoms with E-state index < -0.39 is 32.2 Å². The van der Waals surface area contributed by atoms with Gasteiger partial charge in [-0.3, -0.25) is 0 Å². The minimum absolute atomic E-state index is 0.0682. The molecular formula is C15H19F3N2O5S2. The zero-order chi connectivity index (χ0) is 20.3. The Hall–Kier alpha value is -1.63. The lowest BCUT2D eigenvalue weighted by Gasteiger charge is -2.32. The van der Waals surface area contributed by atoms with Gasteiger partial charge in [-0.15, -0.1) is 13.2 Å². The first-order valence-corrected chi connectivity index (χ1v) is 10.9. The molecule has 1 aliphatic heterocycles. The number of sulfonamides is 2. The molecule has 7 nitrogen and oxygen atoms in total. The quantitative estimate of drug-likeness (QED) is 0.718. The summed E-state index contributed by atoms with van der Waals surface area (Å²) in [4.78, 5) is -0.163. The molecule has 1 fully saturated rings. The standard InChI is InChI=1S/C15H19F3N2O5S2/c1-2-26(21,22)19-10-12-4-3-9-20(11-12)27(23,24)14-7-5-13(6-8-14)25-15(16,17)18/h2,5-8,12,19H,1,3-4,9-11H2. The topological polar surface area (TPSA) is 92.8 Å². The lowest BCUT2D eigenvalue weighted by atomic mass is 10.0. The number of ether oxygens (including phenoxy) is 1. The van der Waals surface area contributed by atoms with Gasteiger partial charge >= 0.3 is 6.36 Å². The summed E-state index contributed by atoms with van der Waals surface area (Å²) >= 11 is 0. The number of rotatable bonds is 7. The molecule has 0 aromatic heterocycles. The summed E-state index contributed by atoms with van der Waals surface area (Å²) in [6.07, 6.45) is -3.68. The molecule has 1 saturated heterocycles. The van der Waals surface area contributed by atoms with E-state index in [1.165, 1.54) is 4.31 Å². The van der Waals surface area contributed by atoms with Crippen molar-refractivity contribution in [2.45, 2.75) is 24.1 Å². The normalized spacial score (nSPS) is 19.6. The first-order valence-electron chi connectivity index (χ1n) is 7.91. The summed E-state index contributed by atoms with van der Waals surface area (Å²) in [7, 11) is -7.52. The molecule has 0 amide bonds. The average Bonchev–Trinajstić information content (AvgIpc) is 2.59. The Morgan fingerprint density at radius 3 is 2.41 bits per heavy atom. The van der Waals surface area contributed by atoms with Crippen molar-refractivity contribution in [3.63, 3.8) is 0 Å². The highest BCUT2D eigenvalue weighted by molar-refractivity contribution is 7.92. The highest BCUT2D eigenvalue weighted by Crippen LogP contribution is 2.27. The lowest BCUT2D eigenvalue weighted by Crippen LogP contribution is -2.43. The maximum atomic E-state index is 12.7. The van der Waals surface area contributed by atoms with E-state index in [-0.39, 0.29) is 30.4 Å². The van der Waals surface area contributed by atoms with Crippen molar-refractivity contribution in [3.05, 3.63) is 36.3 Å². The zero-order valence-corrected chi connectivity index (χ0v) is 15.8. The highest BCUT2D eigenvalue weighted by atomic mass is 32.2. The number of hydrogen-bond acceptors (Lipinski definition) is 5. The predicted octanol–water partition coefficient (Wildman–Crippen LogP) is 2.05. The van der Waals surface area contributed by atoms with Gasteiger partial charge in [-0.2, -0.15) is 4.31 Å². The number of benzene rings is 1. The van der Waals surface area contributed by atoms with Crippen LogP contribution in [0.3, 0.4) is 0 Å². The molecule has 27 heavy (non-hydrogen) atoms. The number of nitrogens with one attached hydrogen (secondary N) is 1. The summed E-state index contributed by atoms with van der Waals surface area (Å²) in [5, 5.41) is 0.773. The van der Waals surface area contributed by atoms with Crippen LogP contribution in [0, 0.1) is 5.92 Å². The number of alkyl halides is 3. The average molecular weight is 428 g/mol. The molecule has 0 aliphatic carbocycles. The van der Waals surface area contributed by atoms with Crippen LogP contribution in [0.1, 0.15) is 12.8 Å². The third-order valence-electron chi connectivity index (χ3n) is 3.97. The van der Waals surface area contributed by atoms with Crippen LogP contribution >= 0.6 is 0 Å². The van der Waals surface area contributed by atoms with E-state index >= 15 is 0 Å². The van der Waals surface area contributed by atoms with E-state index in [0.29, 0.717) is 12.8 Å². The molecular weight excluding hydrogens is 409 g/mol. The molecule has 0 bridgehead atoms. The molecule has 0 spiro atoms. The molecule has 2 rings (SSSR count). The van der Waals surface area contributed by atoms with Crippen LogP contribution in [0.5, 0.6) is 5.75 Å². The maximum absolute atomic E-state index is 12.7. The minimum Gasteiger partial charge on any atom is -0.406 e. The van der Waals surface area contributed by atoms with E-state index in [9.17, 15) is 30.0 Å². The van der Waals surface area contributed by atoms with Crippen molar-refractivity contribution in [1.82, 2.24) is 9.03 Å². The van der Waals surface area contributed by atoms with Crippen LogP contribution < -0.4 is 9.46 Å². The third kappa shape index (κ3) is 6.19. The van der Waals surface area contributed by atoms with Crippen molar-refractivity contribution in [3.8, 4) is 5.75 Å². The van der Waals surface area contributed by atoms with Crippen LogP contribution in [0.15, 0.2) is 41.1 Å². The molecule has 1 atom stereocenters. The largest absolute Gasteiger partial charge is 0.573 e. The van der Waals surface area contributed by atoms with Crippen molar-refractivity contribution < 1.29 is 34.7 Å². The number of nitrogens with zero attached hydrogens (tertiary/aromatic N) is 1.